The maximum Gasteiger partial charge on any atom is 0.337 e. The summed E-state index contributed by atoms with van der Waals surface area (Å²) in [4.78, 5) is 24.7. The van der Waals surface area contributed by atoms with Gasteiger partial charge in [-0.3, -0.25) is 5.43 Å². The molecule has 250 valence electrons. The fourth-order valence-corrected chi connectivity index (χ4v) is 5.78. The van der Waals surface area contributed by atoms with E-state index in [4.69, 9.17) is 42.1 Å². The number of carbonyl (C=O) groups is 2. The van der Waals surface area contributed by atoms with Crippen LogP contribution in [0.15, 0.2) is 89.2 Å². The van der Waals surface area contributed by atoms with Gasteiger partial charge in [-0.05, 0) is 60.0 Å². The lowest BCUT2D eigenvalue weighted by molar-refractivity contribution is -0.136. The number of urea groups is 1. The number of ether oxygens (including phenoxy) is 4. The van der Waals surface area contributed by atoms with Crippen LogP contribution in [-0.2, 0) is 16.1 Å². The van der Waals surface area contributed by atoms with Crippen LogP contribution in [0.25, 0.3) is 10.8 Å². The Morgan fingerprint density at radius 1 is 1.04 bits per heavy atom. The maximum atomic E-state index is 12.5. The number of nitrogens with zero attached hydrogens (tertiary/aromatic N) is 1. The molecule has 0 radical (unpaired) electrons. The molecule has 0 aromatic heterocycles. The van der Waals surface area contributed by atoms with Crippen LogP contribution in [0.3, 0.4) is 0 Å². The Morgan fingerprint density at radius 3 is 2.62 bits per heavy atom. The molecule has 0 fully saturated rings. The number of fused-ring (bicyclic) bond motifs is 1. The smallest absolute Gasteiger partial charge is 0.337 e. The summed E-state index contributed by atoms with van der Waals surface area (Å²) in [5.41, 5.74) is 5.32. The van der Waals surface area contributed by atoms with E-state index in [2.05, 4.69) is 21.2 Å². The highest BCUT2D eigenvalue weighted by molar-refractivity contribution is 6.36. The number of halogens is 2. The van der Waals surface area contributed by atoms with E-state index < -0.39 is 24.3 Å². The molecule has 11 nitrogen and oxygen atoms in total. The minimum absolute atomic E-state index is 0.200. The van der Waals surface area contributed by atoms with E-state index in [-0.39, 0.29) is 18.8 Å². The van der Waals surface area contributed by atoms with Crippen molar-refractivity contribution in [1.29, 1.82) is 0 Å². The topological polar surface area (TPSA) is 140 Å². The summed E-state index contributed by atoms with van der Waals surface area (Å²) in [5, 5.41) is 23.0. The highest BCUT2D eigenvalue weighted by Crippen LogP contribution is 2.35. The number of amides is 2. The third-order valence-corrected chi connectivity index (χ3v) is 7.89. The summed E-state index contributed by atoms with van der Waals surface area (Å²) in [6.07, 6.45) is 0.229. The van der Waals surface area contributed by atoms with Gasteiger partial charge >= 0.3 is 12.0 Å². The van der Waals surface area contributed by atoms with Gasteiger partial charge in [-0.1, -0.05) is 71.7 Å². The second-order valence-corrected chi connectivity index (χ2v) is 11.5. The van der Waals surface area contributed by atoms with Gasteiger partial charge in [-0.25, -0.2) is 9.59 Å². The largest absolute Gasteiger partial charge is 0.490 e. The first kappa shape index (κ1) is 34.4. The molecular weight excluding hydrogens is 659 g/mol. The Labute approximate surface area is 287 Å². The third kappa shape index (κ3) is 8.11. The Kier molecular flexibility index (Phi) is 11.3. The van der Waals surface area contributed by atoms with Gasteiger partial charge in [0.2, 0.25) is 0 Å². The normalized spacial score (nSPS) is 15.1. The fraction of sp³-hybridized carbons (Fsp3) is 0.229. The first-order valence-electron chi connectivity index (χ1n) is 15.0. The van der Waals surface area contributed by atoms with Crippen molar-refractivity contribution in [3.63, 3.8) is 0 Å². The molecule has 48 heavy (non-hydrogen) atoms. The molecule has 4 aromatic rings. The van der Waals surface area contributed by atoms with E-state index in [1.807, 2.05) is 42.5 Å². The van der Waals surface area contributed by atoms with Crippen LogP contribution < -0.4 is 30.3 Å². The molecule has 0 spiro atoms. The number of carbonyl (C=O) groups excluding carboxylic acids is 2. The van der Waals surface area contributed by atoms with E-state index >= 15 is 0 Å². The summed E-state index contributed by atoms with van der Waals surface area (Å²) in [5.74, 6) is 0.484. The van der Waals surface area contributed by atoms with Crippen LogP contribution in [-0.4, -0.2) is 49.9 Å². The van der Waals surface area contributed by atoms with Crippen molar-refractivity contribution in [3.8, 4) is 17.2 Å². The lowest BCUT2D eigenvalue weighted by atomic mass is 9.95. The van der Waals surface area contributed by atoms with E-state index in [1.54, 1.807) is 44.2 Å². The van der Waals surface area contributed by atoms with Gasteiger partial charge in [-0.2, -0.15) is 5.10 Å². The predicted molar refractivity (Wildman–Crippen MR) is 184 cm³/mol. The number of hydrogen-bond donors (Lipinski definition) is 4. The number of esters is 1. The zero-order valence-corrected chi connectivity index (χ0v) is 27.9. The number of aliphatic hydroxyl groups is 1. The average molecular weight is 694 g/mol. The number of methoxy groups -OCH3 is 1. The van der Waals surface area contributed by atoms with Crippen LogP contribution in [0.4, 0.5) is 4.79 Å². The number of rotatable bonds is 13. The van der Waals surface area contributed by atoms with Crippen LogP contribution in [0, 0.1) is 0 Å². The molecule has 2 atom stereocenters. The van der Waals surface area contributed by atoms with Crippen LogP contribution >= 0.6 is 23.2 Å². The molecule has 1 heterocycles. The Morgan fingerprint density at radius 2 is 1.83 bits per heavy atom. The Balaban J connectivity index is 1.25. The summed E-state index contributed by atoms with van der Waals surface area (Å²) >= 11 is 12.8. The molecule has 4 aromatic carbocycles. The minimum atomic E-state index is -1.22. The van der Waals surface area contributed by atoms with Gasteiger partial charge in [0.15, 0.2) is 17.7 Å². The number of aliphatic hydroxyl groups excluding tert-OH is 1. The number of benzene rings is 4. The zero-order valence-electron chi connectivity index (χ0n) is 26.4. The summed E-state index contributed by atoms with van der Waals surface area (Å²) < 4.78 is 22.7. The quantitative estimate of drug-likeness (QED) is 0.0559. The van der Waals surface area contributed by atoms with E-state index in [0.717, 1.165) is 16.3 Å². The molecule has 13 heteroatoms. The zero-order chi connectivity index (χ0) is 34.2. The Bertz CT molecular complexity index is 1880. The number of hydrogen-bond acceptors (Lipinski definition) is 9. The molecule has 0 bridgehead atoms. The molecule has 4 N–H and O–H groups in total. The highest BCUT2D eigenvalue weighted by atomic mass is 35.5. The van der Waals surface area contributed by atoms with Crippen LogP contribution in [0.1, 0.15) is 36.6 Å². The van der Waals surface area contributed by atoms with Crippen molar-refractivity contribution < 1.29 is 33.6 Å². The van der Waals surface area contributed by atoms with Crippen molar-refractivity contribution in [2.24, 2.45) is 5.10 Å². The first-order chi connectivity index (χ1) is 23.2. The molecular formula is C35H34Cl2N4O7. The third-order valence-electron chi connectivity index (χ3n) is 7.39. The van der Waals surface area contributed by atoms with Crippen molar-refractivity contribution in [1.82, 2.24) is 16.1 Å². The lowest BCUT2D eigenvalue weighted by Crippen LogP contribution is -2.45. The minimum Gasteiger partial charge on any atom is -0.490 e. The second-order valence-electron chi connectivity index (χ2n) is 10.6. The molecule has 0 saturated heterocycles. The van der Waals surface area contributed by atoms with Gasteiger partial charge in [0.05, 0.1) is 36.6 Å². The van der Waals surface area contributed by atoms with Crippen molar-refractivity contribution in [3.05, 3.63) is 111 Å². The van der Waals surface area contributed by atoms with Crippen molar-refractivity contribution in [2.75, 3.05) is 20.3 Å². The predicted octanol–water partition coefficient (Wildman–Crippen LogP) is 6.25. The molecule has 2 amide bonds. The monoisotopic (exact) mass is 692 g/mol. The molecule has 0 saturated carbocycles. The summed E-state index contributed by atoms with van der Waals surface area (Å²) in [7, 11) is 1.27. The van der Waals surface area contributed by atoms with E-state index in [0.29, 0.717) is 50.7 Å². The molecule has 0 aliphatic carbocycles. The SMILES string of the molecule is CCOc1cc([C@H]2NC(=O)NC(C)=C2C(=O)OC)ccc1OC[C@@H](O)N/N=C/c1cc(Cl)cc(Cl)c1OCc1cccc2ccccc12. The first-order valence-corrected chi connectivity index (χ1v) is 15.7. The van der Waals surface area contributed by atoms with Gasteiger partial charge in [-0.15, -0.1) is 0 Å². The van der Waals surface area contributed by atoms with E-state index in [9.17, 15) is 14.7 Å². The molecule has 1 aliphatic heterocycles. The van der Waals surface area contributed by atoms with Gasteiger partial charge in [0.1, 0.15) is 19.0 Å². The fourth-order valence-electron chi connectivity index (χ4n) is 5.21. The maximum absolute atomic E-state index is 12.5. The molecule has 1 aliphatic rings. The van der Waals surface area contributed by atoms with Gasteiger partial charge < -0.3 is 34.7 Å². The average Bonchev–Trinajstić information content (AvgIpc) is 3.06. The van der Waals surface area contributed by atoms with Crippen molar-refractivity contribution >= 4 is 52.2 Å². The summed E-state index contributed by atoms with van der Waals surface area (Å²) in [6.45, 7) is 3.80. The Hall–Kier alpha value is -4.97. The van der Waals surface area contributed by atoms with E-state index in [1.165, 1.54) is 13.3 Å². The van der Waals surface area contributed by atoms with Gasteiger partial charge in [0.25, 0.3) is 0 Å². The highest BCUT2D eigenvalue weighted by Gasteiger charge is 2.32. The standard InChI is InChI=1S/C35H34Cl2N4O7/c1-4-46-29-15-22(32-31(34(43)45-3)20(2)39-35(44)40-32)12-13-28(29)47-19-30(42)41-38-17-24-14-25(36)16-27(37)33(24)48-18-23-10-7-9-21-8-5-6-11-26(21)23/h5-17,30,32,41-42H,4,18-19H2,1-3H3,(H2,39,40,44)/b38-17+/t30-,32-/m1/s1. The molecule has 5 rings (SSSR count). The number of nitrogens with one attached hydrogen (secondary N) is 3. The van der Waals surface area contributed by atoms with Crippen molar-refractivity contribution in [2.45, 2.75) is 32.7 Å². The lowest BCUT2D eigenvalue weighted by Gasteiger charge is -2.28. The summed E-state index contributed by atoms with van der Waals surface area (Å²) in [6, 6.07) is 21.0. The van der Waals surface area contributed by atoms with Crippen LogP contribution in [0.5, 0.6) is 17.2 Å². The van der Waals surface area contributed by atoms with Gasteiger partial charge in [0, 0.05) is 16.3 Å². The number of hydrazone groups is 1. The van der Waals surface area contributed by atoms with Crippen LogP contribution in [0.2, 0.25) is 10.0 Å². The molecule has 0 unspecified atom stereocenters. The second kappa shape index (κ2) is 15.7. The number of allylic oxidation sites excluding steroid dienone is 1.